The Labute approximate surface area is 109 Å². The SMILES string of the molecule is CCN1CCC(N[C@@H](C)c2ccc(F)cc2)CC1. The Bertz CT molecular complexity index is 355. The first kappa shape index (κ1) is 13.5. The van der Waals surface area contributed by atoms with Crippen LogP contribution >= 0.6 is 0 Å². The predicted octanol–water partition coefficient (Wildman–Crippen LogP) is 2.96. The topological polar surface area (TPSA) is 15.3 Å². The van der Waals surface area contributed by atoms with Gasteiger partial charge < -0.3 is 10.2 Å². The number of likely N-dealkylation sites (tertiary alicyclic amines) is 1. The lowest BCUT2D eigenvalue weighted by Crippen LogP contribution is -2.43. The van der Waals surface area contributed by atoms with E-state index in [2.05, 4.69) is 24.1 Å². The molecule has 0 aliphatic carbocycles. The fraction of sp³-hybridized carbons (Fsp3) is 0.600. The summed E-state index contributed by atoms with van der Waals surface area (Å²) in [7, 11) is 0. The van der Waals surface area contributed by atoms with Gasteiger partial charge in [0, 0.05) is 12.1 Å². The van der Waals surface area contributed by atoms with Gasteiger partial charge in [-0.25, -0.2) is 4.39 Å². The molecule has 1 heterocycles. The highest BCUT2D eigenvalue weighted by molar-refractivity contribution is 5.19. The molecule has 1 aromatic rings. The van der Waals surface area contributed by atoms with E-state index in [9.17, 15) is 4.39 Å². The van der Waals surface area contributed by atoms with Crippen LogP contribution in [0.25, 0.3) is 0 Å². The lowest BCUT2D eigenvalue weighted by molar-refractivity contribution is 0.200. The van der Waals surface area contributed by atoms with Crippen LogP contribution in [0.2, 0.25) is 0 Å². The van der Waals surface area contributed by atoms with E-state index in [4.69, 9.17) is 0 Å². The summed E-state index contributed by atoms with van der Waals surface area (Å²) in [6.07, 6.45) is 2.42. The van der Waals surface area contributed by atoms with E-state index in [-0.39, 0.29) is 5.82 Å². The van der Waals surface area contributed by atoms with Crippen LogP contribution in [0, 0.1) is 5.82 Å². The Morgan fingerprint density at radius 1 is 1.28 bits per heavy atom. The molecule has 1 fully saturated rings. The lowest BCUT2D eigenvalue weighted by atomic mass is 10.0. The minimum atomic E-state index is -0.165. The van der Waals surface area contributed by atoms with Gasteiger partial charge >= 0.3 is 0 Å². The van der Waals surface area contributed by atoms with Gasteiger partial charge in [-0.1, -0.05) is 19.1 Å². The molecule has 3 heteroatoms. The molecule has 0 spiro atoms. The van der Waals surface area contributed by atoms with Crippen molar-refractivity contribution in [1.82, 2.24) is 10.2 Å². The van der Waals surface area contributed by atoms with Crippen LogP contribution < -0.4 is 5.32 Å². The normalized spacial score (nSPS) is 19.9. The van der Waals surface area contributed by atoms with E-state index in [1.807, 2.05) is 12.1 Å². The fourth-order valence-electron chi connectivity index (χ4n) is 2.62. The summed E-state index contributed by atoms with van der Waals surface area (Å²) in [6.45, 7) is 7.89. The zero-order chi connectivity index (χ0) is 13.0. The number of hydrogen-bond donors (Lipinski definition) is 1. The van der Waals surface area contributed by atoms with Crippen LogP contribution in [0.1, 0.15) is 38.3 Å². The average molecular weight is 250 g/mol. The minimum Gasteiger partial charge on any atom is -0.307 e. The van der Waals surface area contributed by atoms with E-state index < -0.39 is 0 Å². The van der Waals surface area contributed by atoms with Gasteiger partial charge in [-0.2, -0.15) is 0 Å². The largest absolute Gasteiger partial charge is 0.307 e. The highest BCUT2D eigenvalue weighted by Crippen LogP contribution is 2.17. The zero-order valence-corrected chi connectivity index (χ0v) is 11.3. The maximum atomic E-state index is 12.9. The van der Waals surface area contributed by atoms with Crippen molar-refractivity contribution >= 4 is 0 Å². The molecule has 0 bridgehead atoms. The van der Waals surface area contributed by atoms with Crippen molar-refractivity contribution in [3.63, 3.8) is 0 Å². The van der Waals surface area contributed by atoms with Gasteiger partial charge in [-0.3, -0.25) is 0 Å². The third-order valence-corrected chi connectivity index (χ3v) is 3.89. The minimum absolute atomic E-state index is 0.165. The Morgan fingerprint density at radius 3 is 2.44 bits per heavy atom. The molecule has 0 amide bonds. The first-order valence-corrected chi connectivity index (χ1v) is 6.93. The van der Waals surface area contributed by atoms with Crippen molar-refractivity contribution in [2.24, 2.45) is 0 Å². The van der Waals surface area contributed by atoms with Gasteiger partial charge in [-0.05, 0) is 57.1 Å². The van der Waals surface area contributed by atoms with Crippen molar-refractivity contribution < 1.29 is 4.39 Å². The number of nitrogens with zero attached hydrogens (tertiary/aromatic N) is 1. The Balaban J connectivity index is 1.84. The summed E-state index contributed by atoms with van der Waals surface area (Å²) in [5.74, 6) is -0.165. The summed E-state index contributed by atoms with van der Waals surface area (Å²) >= 11 is 0. The summed E-state index contributed by atoms with van der Waals surface area (Å²) in [5.41, 5.74) is 1.16. The molecule has 0 aromatic heterocycles. The highest BCUT2D eigenvalue weighted by atomic mass is 19.1. The molecule has 2 rings (SSSR count). The van der Waals surface area contributed by atoms with Crippen molar-refractivity contribution in [3.05, 3.63) is 35.6 Å². The average Bonchev–Trinajstić information content (AvgIpc) is 2.40. The van der Waals surface area contributed by atoms with Crippen molar-refractivity contribution in [1.29, 1.82) is 0 Å². The van der Waals surface area contributed by atoms with Gasteiger partial charge in [0.15, 0.2) is 0 Å². The number of nitrogens with one attached hydrogen (secondary N) is 1. The Hall–Kier alpha value is -0.930. The number of halogens is 1. The summed E-state index contributed by atoms with van der Waals surface area (Å²) in [6, 6.07) is 7.69. The first-order chi connectivity index (χ1) is 8.69. The van der Waals surface area contributed by atoms with E-state index >= 15 is 0 Å². The molecular weight excluding hydrogens is 227 g/mol. The summed E-state index contributed by atoms with van der Waals surface area (Å²) in [4.78, 5) is 2.49. The molecule has 1 aliphatic rings. The molecule has 1 saturated heterocycles. The highest BCUT2D eigenvalue weighted by Gasteiger charge is 2.19. The van der Waals surface area contributed by atoms with Gasteiger partial charge in [0.05, 0.1) is 0 Å². The van der Waals surface area contributed by atoms with Crippen LogP contribution in [-0.4, -0.2) is 30.6 Å². The summed E-state index contributed by atoms with van der Waals surface area (Å²) in [5, 5.41) is 3.65. The van der Waals surface area contributed by atoms with Gasteiger partial charge in [-0.15, -0.1) is 0 Å². The van der Waals surface area contributed by atoms with Crippen molar-refractivity contribution in [2.45, 2.75) is 38.8 Å². The van der Waals surface area contributed by atoms with Crippen LogP contribution in [0.15, 0.2) is 24.3 Å². The quantitative estimate of drug-likeness (QED) is 0.884. The maximum absolute atomic E-state index is 12.9. The van der Waals surface area contributed by atoms with Crippen LogP contribution in [0.3, 0.4) is 0 Å². The third-order valence-electron chi connectivity index (χ3n) is 3.89. The van der Waals surface area contributed by atoms with Crippen LogP contribution in [-0.2, 0) is 0 Å². The molecular formula is C15H23FN2. The second-order valence-electron chi connectivity index (χ2n) is 5.15. The van der Waals surface area contributed by atoms with E-state index in [0.29, 0.717) is 12.1 Å². The molecule has 1 aliphatic heterocycles. The molecule has 100 valence electrons. The van der Waals surface area contributed by atoms with E-state index in [1.165, 1.54) is 38.1 Å². The third kappa shape index (κ3) is 3.53. The fourth-order valence-corrected chi connectivity index (χ4v) is 2.62. The van der Waals surface area contributed by atoms with Gasteiger partial charge in [0.2, 0.25) is 0 Å². The van der Waals surface area contributed by atoms with Crippen molar-refractivity contribution in [2.75, 3.05) is 19.6 Å². The molecule has 2 nitrogen and oxygen atoms in total. The van der Waals surface area contributed by atoms with Gasteiger partial charge in [0.25, 0.3) is 0 Å². The van der Waals surface area contributed by atoms with E-state index in [0.717, 1.165) is 12.1 Å². The van der Waals surface area contributed by atoms with E-state index in [1.54, 1.807) is 0 Å². The number of hydrogen-bond acceptors (Lipinski definition) is 2. The molecule has 1 atom stereocenters. The predicted molar refractivity (Wildman–Crippen MR) is 73.1 cm³/mol. The number of benzene rings is 1. The zero-order valence-electron chi connectivity index (χ0n) is 11.3. The Kier molecular flexibility index (Phi) is 4.72. The second kappa shape index (κ2) is 6.30. The maximum Gasteiger partial charge on any atom is 0.123 e. The molecule has 18 heavy (non-hydrogen) atoms. The molecule has 0 radical (unpaired) electrons. The van der Waals surface area contributed by atoms with Crippen LogP contribution in [0.5, 0.6) is 0 Å². The van der Waals surface area contributed by atoms with Crippen molar-refractivity contribution in [3.8, 4) is 0 Å². The lowest BCUT2D eigenvalue weighted by Gasteiger charge is -2.33. The molecule has 1 N–H and O–H groups in total. The molecule has 1 aromatic carbocycles. The second-order valence-corrected chi connectivity index (χ2v) is 5.15. The monoisotopic (exact) mass is 250 g/mol. The standard InChI is InChI=1S/C15H23FN2/c1-3-18-10-8-15(9-11-18)17-12(2)13-4-6-14(16)7-5-13/h4-7,12,15,17H,3,8-11H2,1-2H3/t12-/m0/s1. The number of rotatable bonds is 4. The van der Waals surface area contributed by atoms with Gasteiger partial charge in [0.1, 0.15) is 5.82 Å². The van der Waals surface area contributed by atoms with Crippen LogP contribution in [0.4, 0.5) is 4.39 Å². The smallest absolute Gasteiger partial charge is 0.123 e. The Morgan fingerprint density at radius 2 is 1.89 bits per heavy atom. The number of piperidine rings is 1. The summed E-state index contributed by atoms with van der Waals surface area (Å²) < 4.78 is 12.9. The first-order valence-electron chi connectivity index (χ1n) is 6.93. The molecule has 0 saturated carbocycles. The molecule has 0 unspecified atom stereocenters.